The summed E-state index contributed by atoms with van der Waals surface area (Å²) < 4.78 is 1.82. The number of rotatable bonds is 3. The van der Waals surface area contributed by atoms with Crippen molar-refractivity contribution in [3.8, 4) is 0 Å². The molecule has 0 saturated carbocycles. The molecule has 0 radical (unpaired) electrons. The predicted octanol–water partition coefficient (Wildman–Crippen LogP) is 1.86. The van der Waals surface area contributed by atoms with Crippen molar-refractivity contribution in [1.29, 1.82) is 0 Å². The van der Waals surface area contributed by atoms with Gasteiger partial charge in [0.2, 0.25) is 0 Å². The lowest BCUT2D eigenvalue weighted by Crippen LogP contribution is -2.24. The lowest BCUT2D eigenvalue weighted by atomic mass is 9.95. The van der Waals surface area contributed by atoms with E-state index in [9.17, 15) is 0 Å². The Kier molecular flexibility index (Phi) is 2.98. The third kappa shape index (κ3) is 2.45. The predicted molar refractivity (Wildman–Crippen MR) is 52.8 cm³/mol. The van der Waals surface area contributed by atoms with Crippen LogP contribution in [0.5, 0.6) is 0 Å². The van der Waals surface area contributed by atoms with Crippen LogP contribution >= 0.6 is 11.6 Å². The van der Waals surface area contributed by atoms with Crippen LogP contribution in [0.15, 0.2) is 6.20 Å². The molecule has 0 aromatic carbocycles. The van der Waals surface area contributed by atoms with Gasteiger partial charge in [-0.15, -0.1) is 0 Å². The van der Waals surface area contributed by atoms with Gasteiger partial charge in [-0.05, 0) is 6.92 Å². The van der Waals surface area contributed by atoms with Crippen LogP contribution in [0.25, 0.3) is 0 Å². The molecule has 74 valence electrons. The molecule has 0 saturated heterocycles. The quantitative estimate of drug-likeness (QED) is 0.813. The fourth-order valence-corrected chi connectivity index (χ4v) is 1.18. The van der Waals surface area contributed by atoms with Gasteiger partial charge in [-0.2, -0.15) is 5.10 Å². The summed E-state index contributed by atoms with van der Waals surface area (Å²) in [5, 5.41) is 13.9. The average Bonchev–Trinajstić information content (AvgIpc) is 2.36. The Labute approximate surface area is 83.3 Å². The molecule has 1 N–H and O–H groups in total. The van der Waals surface area contributed by atoms with Crippen molar-refractivity contribution in [2.75, 3.05) is 6.61 Å². The van der Waals surface area contributed by atoms with E-state index < -0.39 is 0 Å². The molecule has 0 atom stereocenters. The zero-order valence-electron chi connectivity index (χ0n) is 8.21. The van der Waals surface area contributed by atoms with Gasteiger partial charge in [0.25, 0.3) is 0 Å². The van der Waals surface area contributed by atoms with Crippen LogP contribution in [0.3, 0.4) is 0 Å². The zero-order valence-corrected chi connectivity index (χ0v) is 8.97. The first-order valence-electron chi connectivity index (χ1n) is 4.25. The highest BCUT2D eigenvalue weighted by atomic mass is 35.5. The van der Waals surface area contributed by atoms with Gasteiger partial charge in [0.05, 0.1) is 16.9 Å². The highest BCUT2D eigenvalue weighted by Crippen LogP contribution is 2.20. The molecule has 3 nitrogen and oxygen atoms in total. The lowest BCUT2D eigenvalue weighted by Gasteiger charge is -2.22. The lowest BCUT2D eigenvalue weighted by molar-refractivity contribution is 0.136. The smallest absolute Gasteiger partial charge is 0.0814 e. The fourth-order valence-electron chi connectivity index (χ4n) is 1.04. The van der Waals surface area contributed by atoms with E-state index >= 15 is 0 Å². The number of nitrogens with zero attached hydrogens (tertiary/aromatic N) is 2. The van der Waals surface area contributed by atoms with Crippen molar-refractivity contribution >= 4 is 11.6 Å². The van der Waals surface area contributed by atoms with Crippen LogP contribution in [0.4, 0.5) is 0 Å². The molecule has 13 heavy (non-hydrogen) atoms. The third-order valence-electron chi connectivity index (χ3n) is 2.05. The number of aliphatic hydroxyl groups excluding tert-OH is 1. The van der Waals surface area contributed by atoms with E-state index in [0.717, 1.165) is 5.69 Å². The first kappa shape index (κ1) is 10.5. The molecule has 1 aromatic heterocycles. The van der Waals surface area contributed by atoms with E-state index in [1.807, 2.05) is 25.5 Å². The second kappa shape index (κ2) is 3.68. The number of halogens is 1. The largest absolute Gasteiger partial charge is 0.396 e. The summed E-state index contributed by atoms with van der Waals surface area (Å²) in [6.45, 7) is 6.72. The van der Waals surface area contributed by atoms with E-state index in [0.29, 0.717) is 11.6 Å². The normalized spacial score (nSPS) is 12.1. The number of hydrogen-bond acceptors (Lipinski definition) is 2. The molecule has 0 amide bonds. The summed E-state index contributed by atoms with van der Waals surface area (Å²) in [6.07, 6.45) is 1.63. The zero-order chi connectivity index (χ0) is 10.1. The van der Waals surface area contributed by atoms with E-state index in [2.05, 4.69) is 5.10 Å². The SMILES string of the molecule is Cc1c(Cl)cnn1CC(C)(C)CO. The maximum Gasteiger partial charge on any atom is 0.0814 e. The van der Waals surface area contributed by atoms with Crippen LogP contribution < -0.4 is 0 Å². The molecule has 4 heteroatoms. The van der Waals surface area contributed by atoms with Crippen molar-refractivity contribution in [1.82, 2.24) is 9.78 Å². The second-order valence-corrected chi connectivity index (χ2v) is 4.47. The monoisotopic (exact) mass is 202 g/mol. The average molecular weight is 203 g/mol. The summed E-state index contributed by atoms with van der Waals surface area (Å²) in [4.78, 5) is 0. The van der Waals surface area contributed by atoms with Crippen LogP contribution in [0.1, 0.15) is 19.5 Å². The molecule has 0 aliphatic carbocycles. The van der Waals surface area contributed by atoms with E-state index in [4.69, 9.17) is 16.7 Å². The number of aliphatic hydroxyl groups is 1. The maximum absolute atomic E-state index is 9.08. The van der Waals surface area contributed by atoms with Crippen molar-refractivity contribution in [2.24, 2.45) is 5.41 Å². The van der Waals surface area contributed by atoms with Crippen molar-refractivity contribution < 1.29 is 5.11 Å². The fraction of sp³-hybridized carbons (Fsp3) is 0.667. The molecular formula is C9H15ClN2O. The Morgan fingerprint density at radius 2 is 2.23 bits per heavy atom. The van der Waals surface area contributed by atoms with Crippen LogP contribution in [-0.4, -0.2) is 21.5 Å². The first-order chi connectivity index (χ1) is 5.96. The summed E-state index contributed by atoms with van der Waals surface area (Å²) in [5.74, 6) is 0. The Bertz CT molecular complexity index is 294. The number of hydrogen-bond donors (Lipinski definition) is 1. The number of aromatic nitrogens is 2. The van der Waals surface area contributed by atoms with Gasteiger partial charge in [0.15, 0.2) is 0 Å². The third-order valence-corrected chi connectivity index (χ3v) is 2.42. The molecule has 0 fully saturated rings. The maximum atomic E-state index is 9.08. The van der Waals surface area contributed by atoms with Crippen molar-refractivity contribution in [3.63, 3.8) is 0 Å². The summed E-state index contributed by atoms with van der Waals surface area (Å²) >= 11 is 5.86. The minimum absolute atomic E-state index is 0.143. The van der Waals surface area contributed by atoms with Crippen LogP contribution in [0.2, 0.25) is 5.02 Å². The topological polar surface area (TPSA) is 38.0 Å². The molecule has 0 bridgehead atoms. The van der Waals surface area contributed by atoms with E-state index in [1.165, 1.54) is 0 Å². The van der Waals surface area contributed by atoms with E-state index in [1.54, 1.807) is 6.20 Å². The molecular weight excluding hydrogens is 188 g/mol. The first-order valence-corrected chi connectivity index (χ1v) is 4.63. The van der Waals surface area contributed by atoms with Crippen molar-refractivity contribution in [3.05, 3.63) is 16.9 Å². The molecule has 1 heterocycles. The molecule has 1 aromatic rings. The van der Waals surface area contributed by atoms with Gasteiger partial charge in [-0.3, -0.25) is 4.68 Å². The molecule has 0 aliphatic heterocycles. The van der Waals surface area contributed by atoms with Gasteiger partial charge in [-0.1, -0.05) is 25.4 Å². The standard InChI is InChI=1S/C9H15ClN2O/c1-7-8(10)4-11-12(7)5-9(2,3)6-13/h4,13H,5-6H2,1-3H3. The minimum Gasteiger partial charge on any atom is -0.396 e. The Morgan fingerprint density at radius 3 is 2.62 bits per heavy atom. The Morgan fingerprint density at radius 1 is 1.62 bits per heavy atom. The van der Waals surface area contributed by atoms with Gasteiger partial charge in [-0.25, -0.2) is 0 Å². The van der Waals surface area contributed by atoms with Crippen LogP contribution in [0, 0.1) is 12.3 Å². The molecule has 0 aliphatic rings. The highest BCUT2D eigenvalue weighted by Gasteiger charge is 2.19. The molecule has 0 spiro atoms. The molecule has 0 unspecified atom stereocenters. The van der Waals surface area contributed by atoms with Gasteiger partial charge in [0, 0.05) is 18.6 Å². The minimum atomic E-state index is -0.153. The van der Waals surface area contributed by atoms with Gasteiger partial charge in [0.1, 0.15) is 0 Å². The summed E-state index contributed by atoms with van der Waals surface area (Å²) in [6, 6.07) is 0. The Hall–Kier alpha value is -0.540. The van der Waals surface area contributed by atoms with Crippen LogP contribution in [-0.2, 0) is 6.54 Å². The highest BCUT2D eigenvalue weighted by molar-refractivity contribution is 6.31. The second-order valence-electron chi connectivity index (χ2n) is 4.06. The molecule has 1 rings (SSSR count). The van der Waals surface area contributed by atoms with Gasteiger partial charge >= 0.3 is 0 Å². The summed E-state index contributed by atoms with van der Waals surface area (Å²) in [7, 11) is 0. The Balaban J connectivity index is 2.80. The summed E-state index contributed by atoms with van der Waals surface area (Å²) in [5.41, 5.74) is 0.795. The van der Waals surface area contributed by atoms with Gasteiger partial charge < -0.3 is 5.11 Å². The van der Waals surface area contributed by atoms with Crippen molar-refractivity contribution in [2.45, 2.75) is 27.3 Å². The van der Waals surface area contributed by atoms with E-state index in [-0.39, 0.29) is 12.0 Å².